The second-order valence-electron chi connectivity index (χ2n) is 9.06. The van der Waals surface area contributed by atoms with Crippen LogP contribution in [0.1, 0.15) is 34.7 Å². The summed E-state index contributed by atoms with van der Waals surface area (Å²) in [6, 6.07) is 19.4. The fourth-order valence-corrected chi connectivity index (χ4v) is 7.31. The van der Waals surface area contributed by atoms with Gasteiger partial charge >= 0.3 is 0 Å². The summed E-state index contributed by atoms with van der Waals surface area (Å²) in [4.78, 5) is 33.1. The molecule has 1 aliphatic rings. The molecule has 6 rings (SSSR count). The zero-order valence-corrected chi connectivity index (χ0v) is 23.4. The summed E-state index contributed by atoms with van der Waals surface area (Å²) in [7, 11) is 0. The van der Waals surface area contributed by atoms with Crippen LogP contribution < -0.4 is 10.9 Å². The van der Waals surface area contributed by atoms with Gasteiger partial charge in [-0.25, -0.2) is 4.98 Å². The van der Waals surface area contributed by atoms with E-state index >= 15 is 0 Å². The molecule has 0 bridgehead atoms. The molecule has 8 nitrogen and oxygen atoms in total. The van der Waals surface area contributed by atoms with E-state index < -0.39 is 0 Å². The van der Waals surface area contributed by atoms with Crippen LogP contribution in [0.3, 0.4) is 0 Å². The fourth-order valence-electron chi connectivity index (χ4n) is 4.54. The number of benzene rings is 2. The zero-order chi connectivity index (χ0) is 26.6. The van der Waals surface area contributed by atoms with Crippen molar-refractivity contribution in [3.05, 3.63) is 92.9 Å². The highest BCUT2D eigenvalue weighted by Crippen LogP contribution is 2.35. The van der Waals surface area contributed by atoms with Gasteiger partial charge in [0, 0.05) is 11.4 Å². The van der Waals surface area contributed by atoms with Crippen molar-refractivity contribution >= 4 is 51.0 Å². The lowest BCUT2D eigenvalue weighted by atomic mass is 9.97. The summed E-state index contributed by atoms with van der Waals surface area (Å²) in [6.07, 6.45) is 4.20. The molecule has 1 amide bonds. The largest absolute Gasteiger partial charge is 0.415 e. The van der Waals surface area contributed by atoms with Gasteiger partial charge in [-0.05, 0) is 48.9 Å². The molecule has 0 atom stereocenters. The van der Waals surface area contributed by atoms with Gasteiger partial charge in [0.25, 0.3) is 10.8 Å². The lowest BCUT2D eigenvalue weighted by Crippen LogP contribution is -2.24. The van der Waals surface area contributed by atoms with E-state index in [4.69, 9.17) is 9.40 Å². The first kappa shape index (κ1) is 25.8. The van der Waals surface area contributed by atoms with Gasteiger partial charge in [-0.2, -0.15) is 0 Å². The molecule has 0 aliphatic heterocycles. The predicted molar refractivity (Wildman–Crippen MR) is 155 cm³/mol. The molecule has 0 radical (unpaired) electrons. The second-order valence-corrected chi connectivity index (χ2v) is 12.0. The van der Waals surface area contributed by atoms with Crippen LogP contribution in [0.5, 0.6) is 0 Å². The number of thiophene rings is 1. The predicted octanol–water partition coefficient (Wildman–Crippen LogP) is 5.41. The minimum atomic E-state index is -0.110. The van der Waals surface area contributed by atoms with E-state index in [1.165, 1.54) is 34.0 Å². The van der Waals surface area contributed by atoms with Gasteiger partial charge in [0.1, 0.15) is 4.83 Å². The molecule has 0 spiro atoms. The smallest absolute Gasteiger partial charge is 0.277 e. The van der Waals surface area contributed by atoms with Crippen LogP contribution in [0, 0.1) is 0 Å². The van der Waals surface area contributed by atoms with Crippen LogP contribution in [-0.4, -0.2) is 31.4 Å². The zero-order valence-electron chi connectivity index (χ0n) is 21.0. The van der Waals surface area contributed by atoms with Crippen LogP contribution in [0.4, 0.5) is 0 Å². The minimum Gasteiger partial charge on any atom is -0.415 e. The Morgan fingerprint density at radius 2 is 1.77 bits per heavy atom. The molecular weight excluding hydrogens is 551 g/mol. The molecule has 39 heavy (non-hydrogen) atoms. The van der Waals surface area contributed by atoms with Gasteiger partial charge < -0.3 is 9.73 Å². The number of amides is 1. The monoisotopic (exact) mass is 575 g/mol. The van der Waals surface area contributed by atoms with Gasteiger partial charge in [-0.1, -0.05) is 72.1 Å². The molecule has 1 aliphatic carbocycles. The first-order valence-electron chi connectivity index (χ1n) is 12.7. The molecule has 3 aromatic heterocycles. The lowest BCUT2D eigenvalue weighted by Gasteiger charge is -2.13. The summed E-state index contributed by atoms with van der Waals surface area (Å²) in [5.41, 5.74) is 2.96. The number of hydrogen-bond donors (Lipinski definition) is 1. The number of nitrogens with one attached hydrogen (secondary N) is 1. The molecule has 0 unspecified atom stereocenters. The van der Waals surface area contributed by atoms with Crippen LogP contribution in [0.2, 0.25) is 0 Å². The maximum absolute atomic E-state index is 13.8. The highest BCUT2D eigenvalue weighted by Gasteiger charge is 2.23. The van der Waals surface area contributed by atoms with Crippen molar-refractivity contribution in [3.63, 3.8) is 0 Å². The van der Waals surface area contributed by atoms with E-state index in [9.17, 15) is 9.59 Å². The number of fused-ring (bicyclic) bond motifs is 3. The Morgan fingerprint density at radius 1 is 1.00 bits per heavy atom. The SMILES string of the molecule is O=C(CSc1nnc(CSc2nc3sc4c(c3c(=O)n2-c2ccccc2)CCCC4)o1)NCc1ccccc1. The summed E-state index contributed by atoms with van der Waals surface area (Å²) >= 11 is 4.22. The average Bonchev–Trinajstić information content (AvgIpc) is 3.59. The first-order chi connectivity index (χ1) is 19.2. The molecule has 11 heteroatoms. The van der Waals surface area contributed by atoms with E-state index in [2.05, 4.69) is 15.5 Å². The average molecular weight is 576 g/mol. The van der Waals surface area contributed by atoms with Crippen LogP contribution in [-0.2, 0) is 29.9 Å². The van der Waals surface area contributed by atoms with Gasteiger partial charge in [0.15, 0.2) is 5.16 Å². The summed E-state index contributed by atoms with van der Waals surface area (Å²) < 4.78 is 7.47. The Labute approximate surface area is 237 Å². The third-order valence-corrected chi connectivity index (χ3v) is 9.33. The van der Waals surface area contributed by atoms with Crippen LogP contribution in [0.15, 0.2) is 80.3 Å². The van der Waals surface area contributed by atoms with Gasteiger partial charge in [0.2, 0.25) is 11.8 Å². The number of rotatable bonds is 9. The number of hydrogen-bond acceptors (Lipinski definition) is 9. The van der Waals surface area contributed by atoms with Crippen LogP contribution >= 0.6 is 34.9 Å². The Hall–Kier alpha value is -3.41. The third kappa shape index (κ3) is 5.80. The van der Waals surface area contributed by atoms with E-state index in [1.807, 2.05) is 60.7 Å². The maximum atomic E-state index is 13.8. The summed E-state index contributed by atoms with van der Waals surface area (Å²) in [5.74, 6) is 0.827. The Bertz CT molecular complexity index is 1660. The molecule has 198 valence electrons. The highest BCUT2D eigenvalue weighted by molar-refractivity contribution is 7.99. The second kappa shape index (κ2) is 11.8. The highest BCUT2D eigenvalue weighted by atomic mass is 32.2. The molecule has 2 aromatic carbocycles. The first-order valence-corrected chi connectivity index (χ1v) is 15.5. The van der Waals surface area contributed by atoms with Gasteiger partial charge in [0.05, 0.1) is 22.6 Å². The number of aromatic nitrogens is 4. The minimum absolute atomic E-state index is 0.0311. The molecule has 3 heterocycles. The normalized spacial score (nSPS) is 12.9. The number of para-hydroxylation sites is 1. The van der Waals surface area contributed by atoms with Gasteiger partial charge in [-0.15, -0.1) is 21.5 Å². The molecule has 1 N–H and O–H groups in total. The number of aryl methyl sites for hydroxylation is 2. The number of carbonyl (C=O) groups excluding carboxylic acids is 1. The van der Waals surface area contributed by atoms with Crippen molar-refractivity contribution in [3.8, 4) is 5.69 Å². The molecule has 5 aromatic rings. The topological polar surface area (TPSA) is 103 Å². The fraction of sp³-hybridized carbons (Fsp3) is 0.250. The molecule has 0 saturated carbocycles. The molecule has 0 fully saturated rings. The third-order valence-electron chi connectivity index (χ3n) is 6.40. The molecular formula is C28H25N5O3S3. The maximum Gasteiger partial charge on any atom is 0.277 e. The Morgan fingerprint density at radius 3 is 2.59 bits per heavy atom. The quantitative estimate of drug-likeness (QED) is 0.184. The van der Waals surface area contributed by atoms with E-state index in [0.29, 0.717) is 28.6 Å². The Balaban J connectivity index is 1.16. The Kier molecular flexibility index (Phi) is 7.80. The van der Waals surface area contributed by atoms with Crippen molar-refractivity contribution in [1.29, 1.82) is 0 Å². The standard InChI is InChI=1S/C28H25N5O3S3/c34-22(29-15-18-9-3-1-4-10-18)16-38-28-32-31-23(36-28)17-37-27-30-25-24(20-13-7-8-14-21(20)39-25)26(35)33(27)19-11-5-2-6-12-19/h1-6,9-12H,7-8,13-17H2,(H,29,34). The number of nitrogens with zero attached hydrogens (tertiary/aromatic N) is 4. The summed E-state index contributed by atoms with van der Waals surface area (Å²) in [5, 5.41) is 12.8. The number of carbonyl (C=O) groups is 1. The molecule has 0 saturated heterocycles. The van der Waals surface area contributed by atoms with Crippen molar-refractivity contribution in [1.82, 2.24) is 25.1 Å². The van der Waals surface area contributed by atoms with Crippen molar-refractivity contribution < 1.29 is 9.21 Å². The van der Waals surface area contributed by atoms with Crippen molar-refractivity contribution in [2.75, 3.05) is 5.75 Å². The van der Waals surface area contributed by atoms with E-state index in [1.54, 1.807) is 15.9 Å². The van der Waals surface area contributed by atoms with E-state index in [-0.39, 0.29) is 17.2 Å². The van der Waals surface area contributed by atoms with Crippen LogP contribution in [0.25, 0.3) is 15.9 Å². The van der Waals surface area contributed by atoms with E-state index in [0.717, 1.165) is 47.2 Å². The van der Waals surface area contributed by atoms with Crippen molar-refractivity contribution in [2.45, 2.75) is 48.4 Å². The van der Waals surface area contributed by atoms with Gasteiger partial charge in [-0.3, -0.25) is 14.2 Å². The van der Waals surface area contributed by atoms with Crippen molar-refractivity contribution in [2.24, 2.45) is 0 Å². The summed E-state index contributed by atoms with van der Waals surface area (Å²) in [6.45, 7) is 0.472. The number of thioether (sulfide) groups is 2. The lowest BCUT2D eigenvalue weighted by molar-refractivity contribution is -0.118.